The second-order valence-corrected chi connectivity index (χ2v) is 6.75. The van der Waals surface area contributed by atoms with Crippen molar-refractivity contribution < 1.29 is 4.79 Å². The molecule has 6 nitrogen and oxygen atoms in total. The summed E-state index contributed by atoms with van der Waals surface area (Å²) < 4.78 is 0. The molecule has 0 aromatic heterocycles. The van der Waals surface area contributed by atoms with Gasteiger partial charge in [0.15, 0.2) is 5.96 Å². The number of nitrogens with zero attached hydrogens (tertiary/aromatic N) is 2. The lowest BCUT2D eigenvalue weighted by Gasteiger charge is -2.22. The third kappa shape index (κ3) is 6.22. The average Bonchev–Trinajstić information content (AvgIpc) is 2.78. The number of aliphatic imine (C=N–C) groups is 1. The van der Waals surface area contributed by atoms with Crippen LogP contribution in [0.15, 0.2) is 4.99 Å². The van der Waals surface area contributed by atoms with E-state index in [0.717, 1.165) is 19.0 Å². The molecular weight excluding hydrogens is 278 g/mol. The molecule has 6 heteroatoms. The molecule has 0 spiro atoms. The van der Waals surface area contributed by atoms with Crippen LogP contribution >= 0.6 is 0 Å². The van der Waals surface area contributed by atoms with Crippen molar-refractivity contribution in [2.45, 2.75) is 59.2 Å². The molecule has 0 bridgehead atoms. The van der Waals surface area contributed by atoms with Crippen molar-refractivity contribution in [3.8, 4) is 0 Å². The number of hydrogen-bond acceptors (Lipinski definition) is 3. The summed E-state index contributed by atoms with van der Waals surface area (Å²) in [4.78, 5) is 18.4. The third-order valence-corrected chi connectivity index (χ3v) is 4.01. The summed E-state index contributed by atoms with van der Waals surface area (Å²) in [7, 11) is 1.77. The van der Waals surface area contributed by atoms with E-state index in [1.807, 2.05) is 13.8 Å². The van der Waals surface area contributed by atoms with E-state index in [2.05, 4.69) is 46.6 Å². The fraction of sp³-hybridized carbons (Fsp3) is 0.875. The maximum atomic E-state index is 11.6. The van der Waals surface area contributed by atoms with Crippen molar-refractivity contribution in [3.63, 3.8) is 0 Å². The summed E-state index contributed by atoms with van der Waals surface area (Å²) in [5.74, 6) is 1.43. The smallest absolute Gasteiger partial charge is 0.221 e. The van der Waals surface area contributed by atoms with Crippen molar-refractivity contribution in [3.05, 3.63) is 0 Å². The fourth-order valence-electron chi connectivity index (χ4n) is 2.67. The zero-order valence-corrected chi connectivity index (χ0v) is 14.9. The molecule has 1 fully saturated rings. The molecule has 0 aromatic carbocycles. The minimum atomic E-state index is 0.0678. The van der Waals surface area contributed by atoms with Crippen LogP contribution in [0.5, 0.6) is 0 Å². The van der Waals surface area contributed by atoms with Crippen molar-refractivity contribution >= 4 is 11.9 Å². The first-order chi connectivity index (χ1) is 10.3. The van der Waals surface area contributed by atoms with Gasteiger partial charge in [-0.1, -0.05) is 6.92 Å². The summed E-state index contributed by atoms with van der Waals surface area (Å²) >= 11 is 0. The molecule has 128 valence electrons. The third-order valence-electron chi connectivity index (χ3n) is 4.01. The number of rotatable bonds is 6. The summed E-state index contributed by atoms with van der Waals surface area (Å²) in [5, 5.41) is 9.59. The monoisotopic (exact) mass is 311 g/mol. The highest BCUT2D eigenvalue weighted by Crippen LogP contribution is 2.18. The first-order valence-electron chi connectivity index (χ1n) is 8.34. The van der Waals surface area contributed by atoms with Gasteiger partial charge in [0, 0.05) is 51.2 Å². The SMILES string of the molecule is CN=C(NCCC(=O)NC(C)C)NC1CN(C(C)C)CC1C. The van der Waals surface area contributed by atoms with Gasteiger partial charge < -0.3 is 16.0 Å². The second-order valence-electron chi connectivity index (χ2n) is 6.75. The van der Waals surface area contributed by atoms with Gasteiger partial charge in [-0.2, -0.15) is 0 Å². The van der Waals surface area contributed by atoms with Crippen LogP contribution in [0, 0.1) is 5.92 Å². The molecule has 0 aromatic rings. The Bertz CT molecular complexity index is 381. The van der Waals surface area contributed by atoms with Gasteiger partial charge in [-0.25, -0.2) is 0 Å². The van der Waals surface area contributed by atoms with Crippen LogP contribution in [0.3, 0.4) is 0 Å². The van der Waals surface area contributed by atoms with Crippen LogP contribution in [0.4, 0.5) is 0 Å². The van der Waals surface area contributed by atoms with E-state index in [9.17, 15) is 4.79 Å². The van der Waals surface area contributed by atoms with E-state index in [4.69, 9.17) is 0 Å². The second kappa shape index (κ2) is 8.98. The Morgan fingerprint density at radius 2 is 1.95 bits per heavy atom. The normalized spacial score (nSPS) is 23.2. The molecular formula is C16H33N5O. The molecule has 1 rings (SSSR count). The first-order valence-corrected chi connectivity index (χ1v) is 8.34. The number of likely N-dealkylation sites (tertiary alicyclic amines) is 1. The van der Waals surface area contributed by atoms with Crippen molar-refractivity contribution in [2.75, 3.05) is 26.7 Å². The lowest BCUT2D eigenvalue weighted by Crippen LogP contribution is -2.47. The van der Waals surface area contributed by atoms with Crippen molar-refractivity contribution in [1.29, 1.82) is 0 Å². The lowest BCUT2D eigenvalue weighted by atomic mass is 10.1. The van der Waals surface area contributed by atoms with Crippen molar-refractivity contribution in [1.82, 2.24) is 20.9 Å². The van der Waals surface area contributed by atoms with E-state index in [0.29, 0.717) is 31.0 Å². The Morgan fingerprint density at radius 3 is 2.45 bits per heavy atom. The molecule has 0 saturated carbocycles. The number of carbonyl (C=O) groups is 1. The predicted molar refractivity (Wildman–Crippen MR) is 92.1 cm³/mol. The Kier molecular flexibility index (Phi) is 7.65. The van der Waals surface area contributed by atoms with Gasteiger partial charge in [-0.3, -0.25) is 14.7 Å². The Balaban J connectivity index is 2.35. The molecule has 22 heavy (non-hydrogen) atoms. The number of amides is 1. The van der Waals surface area contributed by atoms with E-state index in [-0.39, 0.29) is 11.9 Å². The van der Waals surface area contributed by atoms with E-state index < -0.39 is 0 Å². The molecule has 0 radical (unpaired) electrons. The topological polar surface area (TPSA) is 68.8 Å². The van der Waals surface area contributed by atoms with Crippen molar-refractivity contribution in [2.24, 2.45) is 10.9 Å². The Labute approximate surface area is 135 Å². The van der Waals surface area contributed by atoms with Gasteiger partial charge >= 0.3 is 0 Å². The van der Waals surface area contributed by atoms with Gasteiger partial charge in [0.25, 0.3) is 0 Å². The van der Waals surface area contributed by atoms with Gasteiger partial charge in [0.2, 0.25) is 5.91 Å². The first kappa shape index (κ1) is 18.7. The fourth-order valence-corrected chi connectivity index (χ4v) is 2.67. The number of nitrogens with one attached hydrogen (secondary N) is 3. The molecule has 1 aliphatic heterocycles. The standard InChI is InChI=1S/C16H33N5O/c1-11(2)19-15(22)7-8-18-16(17-6)20-14-10-21(12(3)4)9-13(14)5/h11-14H,7-10H2,1-6H3,(H,19,22)(H2,17,18,20). The highest BCUT2D eigenvalue weighted by molar-refractivity contribution is 5.81. The minimum Gasteiger partial charge on any atom is -0.356 e. The lowest BCUT2D eigenvalue weighted by molar-refractivity contribution is -0.121. The molecule has 1 aliphatic rings. The molecule has 2 unspecified atom stereocenters. The van der Waals surface area contributed by atoms with Gasteiger partial charge in [-0.15, -0.1) is 0 Å². The largest absolute Gasteiger partial charge is 0.356 e. The van der Waals surface area contributed by atoms with Gasteiger partial charge in [-0.05, 0) is 33.6 Å². The molecule has 1 amide bonds. The summed E-state index contributed by atoms with van der Waals surface area (Å²) in [6, 6.07) is 1.16. The van der Waals surface area contributed by atoms with E-state index in [1.165, 1.54) is 0 Å². The average molecular weight is 311 g/mol. The van der Waals surface area contributed by atoms with Crippen LogP contribution in [-0.4, -0.2) is 61.6 Å². The highest BCUT2D eigenvalue weighted by atomic mass is 16.1. The highest BCUT2D eigenvalue weighted by Gasteiger charge is 2.31. The minimum absolute atomic E-state index is 0.0678. The van der Waals surface area contributed by atoms with Gasteiger partial charge in [0.05, 0.1) is 0 Å². The maximum Gasteiger partial charge on any atom is 0.221 e. The van der Waals surface area contributed by atoms with Crippen LogP contribution < -0.4 is 16.0 Å². The van der Waals surface area contributed by atoms with Crippen LogP contribution in [0.2, 0.25) is 0 Å². The zero-order valence-electron chi connectivity index (χ0n) is 14.9. The summed E-state index contributed by atoms with van der Waals surface area (Å²) in [6.45, 7) is 13.4. The molecule has 3 N–H and O–H groups in total. The molecule has 0 aliphatic carbocycles. The Hall–Kier alpha value is -1.30. The summed E-state index contributed by atoms with van der Waals surface area (Å²) in [5.41, 5.74) is 0. The number of hydrogen-bond donors (Lipinski definition) is 3. The molecule has 2 atom stereocenters. The predicted octanol–water partition coefficient (Wildman–Crippen LogP) is 0.795. The number of guanidine groups is 1. The molecule has 1 heterocycles. The van der Waals surface area contributed by atoms with E-state index in [1.54, 1.807) is 7.05 Å². The van der Waals surface area contributed by atoms with Crippen LogP contribution in [0.1, 0.15) is 41.0 Å². The summed E-state index contributed by atoms with van der Waals surface area (Å²) in [6.07, 6.45) is 0.456. The van der Waals surface area contributed by atoms with Crippen LogP contribution in [-0.2, 0) is 4.79 Å². The van der Waals surface area contributed by atoms with E-state index >= 15 is 0 Å². The van der Waals surface area contributed by atoms with Gasteiger partial charge in [0.1, 0.15) is 0 Å². The quantitative estimate of drug-likeness (QED) is 0.501. The zero-order chi connectivity index (χ0) is 16.7. The molecule has 1 saturated heterocycles. The Morgan fingerprint density at radius 1 is 1.27 bits per heavy atom. The maximum absolute atomic E-state index is 11.6. The number of carbonyl (C=O) groups excluding carboxylic acids is 1. The van der Waals surface area contributed by atoms with Crippen LogP contribution in [0.25, 0.3) is 0 Å².